The Balaban J connectivity index is -0.00000222. The Morgan fingerprint density at radius 3 is 1.95 bits per heavy atom. The molecule has 0 bridgehead atoms. The monoisotopic (exact) mass is 805 g/mol. The molecule has 7 N–H and O–H groups in total. The van der Waals surface area contributed by atoms with Gasteiger partial charge in [-0.15, -0.1) is 0 Å². The lowest BCUT2D eigenvalue weighted by molar-refractivity contribution is -0.142. The molecule has 0 aromatic rings. The largest absolute Gasteiger partial charge is 0.481 e. The van der Waals surface area contributed by atoms with E-state index in [-0.39, 0.29) is 50.2 Å². The molecule has 0 aliphatic heterocycles. The van der Waals surface area contributed by atoms with E-state index in [1.165, 1.54) is 0 Å². The lowest BCUT2D eigenvalue weighted by Crippen LogP contribution is -2.42. The zero-order valence-electron chi connectivity index (χ0n) is 35.8. The van der Waals surface area contributed by atoms with Crippen molar-refractivity contribution in [3.63, 3.8) is 0 Å². The van der Waals surface area contributed by atoms with Crippen LogP contribution in [0, 0.1) is 10.8 Å². The predicted octanol–water partition coefficient (Wildman–Crippen LogP) is 2.19. The van der Waals surface area contributed by atoms with Crippen molar-refractivity contribution in [3.8, 4) is 0 Å². The fraction of sp³-hybridized carbons (Fsp3) is 0.795. The maximum Gasteiger partial charge on any atom is 0.326 e. The van der Waals surface area contributed by atoms with Crippen molar-refractivity contribution in [3.05, 3.63) is 12.3 Å². The van der Waals surface area contributed by atoms with Crippen molar-refractivity contribution in [2.24, 2.45) is 10.8 Å². The first kappa shape index (κ1) is 56.7. The Morgan fingerprint density at radius 1 is 0.768 bits per heavy atom. The van der Waals surface area contributed by atoms with E-state index in [0.717, 1.165) is 13.1 Å². The van der Waals surface area contributed by atoms with Gasteiger partial charge in [-0.1, -0.05) is 55.0 Å². The first-order valence-corrected chi connectivity index (χ1v) is 19.6. The maximum absolute atomic E-state index is 12.7. The number of likely N-dealkylation sites (N-methyl/N-ethyl adjacent to an activating group) is 2. The summed E-state index contributed by atoms with van der Waals surface area (Å²) in [5.41, 5.74) is -0.149. The number of amides is 3. The molecule has 17 heteroatoms. The average molecular weight is 805 g/mol. The molecule has 0 aliphatic carbocycles. The van der Waals surface area contributed by atoms with Crippen LogP contribution < -0.4 is 26.6 Å². The molecular formula is C39H76N6O11. The Hall–Kier alpha value is -3.64. The van der Waals surface area contributed by atoms with Crippen molar-refractivity contribution in [1.29, 1.82) is 0 Å². The van der Waals surface area contributed by atoms with Gasteiger partial charge < -0.3 is 60.7 Å². The van der Waals surface area contributed by atoms with Crippen LogP contribution in [-0.4, -0.2) is 150 Å². The fourth-order valence-electron chi connectivity index (χ4n) is 4.64. The summed E-state index contributed by atoms with van der Waals surface area (Å²) in [7, 11) is 3.77. The third kappa shape index (κ3) is 38.6. The van der Waals surface area contributed by atoms with Gasteiger partial charge in [0.1, 0.15) is 25.5 Å². The SMILES string of the molecule is C=C(CCC(NC(=O)CC(C)(C)CCC(C)(C)CC(=O)O)C(=O)O)NCCN(C)CCOCC(=O)NCCOCCOCC=O.CC.CCC(=O)NCCNC. The Morgan fingerprint density at radius 2 is 1.38 bits per heavy atom. The molecule has 0 radical (unpaired) electrons. The minimum absolute atomic E-state index is 0.0384. The summed E-state index contributed by atoms with van der Waals surface area (Å²) in [6.07, 6.45) is 3.24. The highest BCUT2D eigenvalue weighted by Crippen LogP contribution is 2.35. The minimum Gasteiger partial charge on any atom is -0.481 e. The summed E-state index contributed by atoms with van der Waals surface area (Å²) < 4.78 is 15.6. The topological polar surface area (TPSA) is 234 Å². The van der Waals surface area contributed by atoms with Gasteiger partial charge in [0.05, 0.1) is 32.8 Å². The number of nitrogens with one attached hydrogen (secondary N) is 5. The predicted molar refractivity (Wildman–Crippen MR) is 217 cm³/mol. The van der Waals surface area contributed by atoms with Gasteiger partial charge in [0.15, 0.2) is 0 Å². The third-order valence-corrected chi connectivity index (χ3v) is 7.98. The number of allylic oxidation sites excluding steroid dienone is 1. The molecule has 0 heterocycles. The molecule has 0 rings (SSSR count). The zero-order chi connectivity index (χ0) is 43.4. The fourth-order valence-corrected chi connectivity index (χ4v) is 4.64. The van der Waals surface area contributed by atoms with Crippen LogP contribution in [0.1, 0.15) is 93.4 Å². The maximum atomic E-state index is 12.7. The van der Waals surface area contributed by atoms with Gasteiger partial charge in [-0.2, -0.15) is 0 Å². The molecule has 1 atom stereocenters. The van der Waals surface area contributed by atoms with E-state index in [0.29, 0.717) is 90.3 Å². The van der Waals surface area contributed by atoms with E-state index in [9.17, 15) is 33.9 Å². The van der Waals surface area contributed by atoms with E-state index in [4.69, 9.17) is 19.3 Å². The van der Waals surface area contributed by atoms with Crippen molar-refractivity contribution in [1.82, 2.24) is 31.5 Å². The number of aliphatic carboxylic acids is 2. The van der Waals surface area contributed by atoms with Crippen LogP contribution in [-0.2, 0) is 43.0 Å². The van der Waals surface area contributed by atoms with E-state index >= 15 is 0 Å². The van der Waals surface area contributed by atoms with Gasteiger partial charge in [0.25, 0.3) is 0 Å². The zero-order valence-corrected chi connectivity index (χ0v) is 35.8. The summed E-state index contributed by atoms with van der Waals surface area (Å²) >= 11 is 0. The second-order valence-electron chi connectivity index (χ2n) is 14.5. The number of carboxylic acid groups (broad SMARTS) is 2. The van der Waals surface area contributed by atoms with E-state index in [1.807, 2.05) is 67.5 Å². The number of aldehydes is 1. The highest BCUT2D eigenvalue weighted by molar-refractivity contribution is 5.83. The number of nitrogens with zero attached hydrogens (tertiary/aromatic N) is 1. The Kier molecular flexibility index (Phi) is 36.2. The van der Waals surface area contributed by atoms with Crippen LogP contribution in [0.15, 0.2) is 12.3 Å². The molecular weight excluding hydrogens is 728 g/mol. The van der Waals surface area contributed by atoms with Gasteiger partial charge in [-0.25, -0.2) is 4.79 Å². The quantitative estimate of drug-likeness (QED) is 0.0373. The van der Waals surface area contributed by atoms with E-state index in [2.05, 4.69) is 33.2 Å². The first-order chi connectivity index (χ1) is 26.4. The molecule has 0 aromatic heterocycles. The number of carboxylic acids is 2. The smallest absolute Gasteiger partial charge is 0.326 e. The lowest BCUT2D eigenvalue weighted by atomic mass is 9.76. The molecule has 3 amide bonds. The Bertz CT molecular complexity index is 1110. The molecule has 0 spiro atoms. The van der Waals surface area contributed by atoms with Gasteiger partial charge in [0.2, 0.25) is 17.7 Å². The second kappa shape index (κ2) is 35.8. The minimum atomic E-state index is -1.11. The Labute approximate surface area is 335 Å². The highest BCUT2D eigenvalue weighted by atomic mass is 16.5. The number of hydrogen-bond donors (Lipinski definition) is 7. The summed E-state index contributed by atoms with van der Waals surface area (Å²) in [6.45, 7) is 22.5. The van der Waals surface area contributed by atoms with Gasteiger partial charge in [-0.3, -0.25) is 19.2 Å². The van der Waals surface area contributed by atoms with Crippen molar-refractivity contribution < 1.29 is 53.2 Å². The number of carbonyl (C=O) groups is 6. The van der Waals surface area contributed by atoms with Crippen LogP contribution in [0.25, 0.3) is 0 Å². The van der Waals surface area contributed by atoms with Gasteiger partial charge >= 0.3 is 11.9 Å². The highest BCUT2D eigenvalue weighted by Gasteiger charge is 2.29. The number of rotatable bonds is 33. The summed E-state index contributed by atoms with van der Waals surface area (Å²) in [4.78, 5) is 70.0. The molecule has 0 aromatic carbocycles. The van der Waals surface area contributed by atoms with Crippen molar-refractivity contribution in [2.75, 3.05) is 93.0 Å². The second-order valence-corrected chi connectivity index (χ2v) is 14.5. The molecule has 17 nitrogen and oxygen atoms in total. The van der Waals surface area contributed by atoms with E-state index < -0.39 is 28.8 Å². The molecule has 1 unspecified atom stereocenters. The average Bonchev–Trinajstić information content (AvgIpc) is 3.12. The molecule has 0 aliphatic rings. The van der Waals surface area contributed by atoms with Gasteiger partial charge in [-0.05, 0) is 50.6 Å². The van der Waals surface area contributed by atoms with Crippen LogP contribution in [0.5, 0.6) is 0 Å². The van der Waals surface area contributed by atoms with Crippen LogP contribution in [0.2, 0.25) is 0 Å². The first-order valence-electron chi connectivity index (χ1n) is 19.6. The molecule has 328 valence electrons. The normalized spacial score (nSPS) is 11.5. The number of carbonyl (C=O) groups excluding carboxylic acids is 4. The van der Waals surface area contributed by atoms with E-state index in [1.54, 1.807) is 0 Å². The van der Waals surface area contributed by atoms with Crippen molar-refractivity contribution in [2.45, 2.75) is 99.5 Å². The standard InChI is InChI=1S/C31H56N4O10.C6H14N2O.C2H6/c1-24(32-11-13-35(6)14-17-45-23-27(38)33-12-16-43-19-20-44-18-15-36)7-8-25(29(41)42)34-26(37)21-30(2,3)9-10-31(4,5)22-28(39)40;1-3-6(9)8-5-4-7-2;1-2/h15,25,32H,1,7-14,16-23H2,2-6H3,(H,33,38)(H,34,37)(H,39,40)(H,41,42);7H,3-5H2,1-2H3,(H,8,9);1-2H3. The molecule has 0 saturated heterocycles. The summed E-state index contributed by atoms with van der Waals surface area (Å²) in [5, 5.41) is 32.9. The van der Waals surface area contributed by atoms with Gasteiger partial charge in [0, 0.05) is 57.8 Å². The summed E-state index contributed by atoms with van der Waals surface area (Å²) in [6, 6.07) is -1.05. The number of ether oxygens (including phenoxy) is 3. The molecule has 0 fully saturated rings. The summed E-state index contributed by atoms with van der Waals surface area (Å²) in [5.74, 6) is -2.46. The third-order valence-electron chi connectivity index (χ3n) is 7.98. The van der Waals surface area contributed by atoms with Crippen LogP contribution >= 0.6 is 0 Å². The van der Waals surface area contributed by atoms with Crippen LogP contribution in [0.3, 0.4) is 0 Å². The van der Waals surface area contributed by atoms with Crippen molar-refractivity contribution >= 4 is 35.9 Å². The molecule has 56 heavy (non-hydrogen) atoms. The molecule has 0 saturated carbocycles. The van der Waals surface area contributed by atoms with Crippen LogP contribution in [0.4, 0.5) is 0 Å². The number of hydrogen-bond acceptors (Lipinski definition) is 12. The lowest BCUT2D eigenvalue weighted by Gasteiger charge is -2.30.